The van der Waals surface area contributed by atoms with Crippen LogP contribution in [0.1, 0.15) is 13.2 Å². The number of nitrogens with zero attached hydrogens (tertiary/aromatic N) is 3. The quantitative estimate of drug-likeness (QED) is 0.556. The van der Waals surface area contributed by atoms with Crippen molar-refractivity contribution in [1.82, 2.24) is 14.5 Å². The zero-order valence-corrected chi connectivity index (χ0v) is 10.8. The van der Waals surface area contributed by atoms with Crippen molar-refractivity contribution in [2.24, 2.45) is 0 Å². The molecule has 0 aromatic carbocycles. The molecule has 0 amide bonds. The zero-order chi connectivity index (χ0) is 14.5. The van der Waals surface area contributed by atoms with Gasteiger partial charge in [0.05, 0.1) is 18.6 Å². The number of aromatic nitrogens is 3. The van der Waals surface area contributed by atoms with Crippen molar-refractivity contribution in [1.29, 1.82) is 0 Å². The lowest BCUT2D eigenvalue weighted by Crippen LogP contribution is -2.44. The number of rotatable bonds is 2. The highest BCUT2D eigenvalue weighted by Gasteiger charge is 2.53. The van der Waals surface area contributed by atoms with Gasteiger partial charge in [0.15, 0.2) is 11.9 Å². The van der Waals surface area contributed by atoms with E-state index in [1.54, 1.807) is 6.07 Å². The third kappa shape index (κ3) is 1.70. The Hall–Kier alpha value is -1.74. The molecule has 3 heterocycles. The minimum atomic E-state index is -1.58. The molecule has 1 aliphatic heterocycles. The lowest BCUT2D eigenvalue weighted by Gasteiger charge is -2.27. The average molecular weight is 280 g/mol. The van der Waals surface area contributed by atoms with Crippen molar-refractivity contribution >= 4 is 16.9 Å². The van der Waals surface area contributed by atoms with Crippen LogP contribution in [0, 0.1) is 0 Å². The maximum absolute atomic E-state index is 10.4. The zero-order valence-electron chi connectivity index (χ0n) is 10.8. The van der Waals surface area contributed by atoms with Gasteiger partial charge in [-0.05, 0) is 13.0 Å². The van der Waals surface area contributed by atoms with Crippen LogP contribution in [0.25, 0.3) is 11.2 Å². The topological polar surface area (TPSA) is 127 Å². The number of fused-ring (bicyclic) bond motifs is 1. The summed E-state index contributed by atoms with van der Waals surface area (Å²) in [5, 5.41) is 29.6. The van der Waals surface area contributed by atoms with Crippen LogP contribution in [0.3, 0.4) is 0 Å². The van der Waals surface area contributed by atoms with Gasteiger partial charge in [-0.3, -0.25) is 4.57 Å². The molecule has 0 saturated carbocycles. The minimum Gasteiger partial charge on any atom is -0.397 e. The number of anilines is 1. The fourth-order valence-corrected chi connectivity index (χ4v) is 2.52. The normalized spacial score (nSPS) is 33.9. The molecule has 20 heavy (non-hydrogen) atoms. The molecule has 1 aliphatic rings. The van der Waals surface area contributed by atoms with Crippen LogP contribution < -0.4 is 5.73 Å². The van der Waals surface area contributed by atoms with Gasteiger partial charge in [-0.25, -0.2) is 9.97 Å². The molecular formula is C12H16N4O4. The van der Waals surface area contributed by atoms with Crippen molar-refractivity contribution in [2.45, 2.75) is 31.0 Å². The van der Waals surface area contributed by atoms with Crippen LogP contribution in [-0.4, -0.2) is 54.3 Å². The Bertz CT molecular complexity index is 641. The van der Waals surface area contributed by atoms with Gasteiger partial charge >= 0.3 is 0 Å². The van der Waals surface area contributed by atoms with Gasteiger partial charge in [0, 0.05) is 6.20 Å². The van der Waals surface area contributed by atoms with Crippen LogP contribution in [0.2, 0.25) is 0 Å². The smallest absolute Gasteiger partial charge is 0.168 e. The second-order valence-corrected chi connectivity index (χ2v) is 5.10. The first-order valence-corrected chi connectivity index (χ1v) is 6.20. The molecule has 1 fully saturated rings. The Morgan fingerprint density at radius 1 is 1.50 bits per heavy atom. The van der Waals surface area contributed by atoms with Crippen molar-refractivity contribution in [3.63, 3.8) is 0 Å². The summed E-state index contributed by atoms with van der Waals surface area (Å²) in [6.45, 7) is 1.05. The van der Waals surface area contributed by atoms with Crippen LogP contribution in [0.15, 0.2) is 18.6 Å². The lowest BCUT2D eigenvalue weighted by molar-refractivity contribution is -0.0950. The number of ether oxygens (including phenoxy) is 1. The molecule has 2 aromatic rings. The third-order valence-corrected chi connectivity index (χ3v) is 3.68. The molecule has 0 bridgehead atoms. The molecule has 108 valence electrons. The summed E-state index contributed by atoms with van der Waals surface area (Å²) in [5.41, 5.74) is 5.64. The SMILES string of the molecule is C[C@]1(O)C(O)[C@@H](CO)O[C@H]1n1cnc2c(N)ccnc21. The highest BCUT2D eigenvalue weighted by molar-refractivity contribution is 5.83. The second-order valence-electron chi connectivity index (χ2n) is 5.10. The Morgan fingerprint density at radius 3 is 2.90 bits per heavy atom. The van der Waals surface area contributed by atoms with Gasteiger partial charge in [-0.15, -0.1) is 0 Å². The number of aliphatic hydroxyl groups excluding tert-OH is 2. The van der Waals surface area contributed by atoms with Crippen LogP contribution in [-0.2, 0) is 4.74 Å². The molecule has 8 heteroatoms. The molecule has 5 N–H and O–H groups in total. The van der Waals surface area contributed by atoms with Crippen LogP contribution in [0.4, 0.5) is 5.69 Å². The van der Waals surface area contributed by atoms with Gasteiger partial charge < -0.3 is 25.8 Å². The maximum atomic E-state index is 10.4. The fraction of sp³-hybridized carbons (Fsp3) is 0.500. The Balaban J connectivity index is 2.10. The summed E-state index contributed by atoms with van der Waals surface area (Å²) in [5.74, 6) is 0. The van der Waals surface area contributed by atoms with Crippen molar-refractivity contribution < 1.29 is 20.1 Å². The van der Waals surface area contributed by atoms with E-state index in [-0.39, 0.29) is 0 Å². The molecule has 8 nitrogen and oxygen atoms in total. The second kappa shape index (κ2) is 4.38. The Labute approximate surface area is 114 Å². The summed E-state index contributed by atoms with van der Waals surface area (Å²) in [4.78, 5) is 8.32. The first kappa shape index (κ1) is 13.3. The highest BCUT2D eigenvalue weighted by atomic mass is 16.6. The number of nitrogens with two attached hydrogens (primary N) is 1. The first-order valence-electron chi connectivity index (χ1n) is 6.20. The van der Waals surface area contributed by atoms with Crippen LogP contribution in [0.5, 0.6) is 0 Å². The maximum Gasteiger partial charge on any atom is 0.168 e. The summed E-state index contributed by atoms with van der Waals surface area (Å²) in [6.07, 6.45) is -0.0162. The predicted molar refractivity (Wildman–Crippen MR) is 69.6 cm³/mol. The summed E-state index contributed by atoms with van der Waals surface area (Å²) in [7, 11) is 0. The molecule has 0 radical (unpaired) electrons. The van der Waals surface area contributed by atoms with Crippen molar-refractivity contribution in [3.05, 3.63) is 18.6 Å². The average Bonchev–Trinajstić information content (AvgIpc) is 2.92. The van der Waals surface area contributed by atoms with Gasteiger partial charge in [0.25, 0.3) is 0 Å². The molecule has 3 rings (SSSR count). The Kier molecular flexibility index (Phi) is 2.91. The highest BCUT2D eigenvalue weighted by Crippen LogP contribution is 2.39. The molecular weight excluding hydrogens is 264 g/mol. The van der Waals surface area contributed by atoms with E-state index >= 15 is 0 Å². The van der Waals surface area contributed by atoms with E-state index in [2.05, 4.69) is 9.97 Å². The van der Waals surface area contributed by atoms with E-state index in [0.29, 0.717) is 16.9 Å². The van der Waals surface area contributed by atoms with Gasteiger partial charge in [-0.1, -0.05) is 0 Å². The molecule has 2 aromatic heterocycles. The monoisotopic (exact) mass is 280 g/mol. The van der Waals surface area contributed by atoms with E-state index in [9.17, 15) is 15.3 Å². The molecule has 0 spiro atoms. The van der Waals surface area contributed by atoms with Crippen molar-refractivity contribution in [3.8, 4) is 0 Å². The molecule has 1 saturated heterocycles. The van der Waals surface area contributed by atoms with Crippen LogP contribution >= 0.6 is 0 Å². The largest absolute Gasteiger partial charge is 0.397 e. The fourth-order valence-electron chi connectivity index (χ4n) is 2.52. The number of hydrogen-bond donors (Lipinski definition) is 4. The number of imidazole rings is 1. The molecule has 0 aliphatic carbocycles. The van der Waals surface area contributed by atoms with Gasteiger partial charge in [0.1, 0.15) is 23.3 Å². The number of pyridine rings is 1. The predicted octanol–water partition coefficient (Wildman–Crippen LogP) is -0.985. The summed E-state index contributed by atoms with van der Waals surface area (Å²) in [6, 6.07) is 1.62. The van der Waals surface area contributed by atoms with Gasteiger partial charge in [-0.2, -0.15) is 0 Å². The number of aliphatic hydroxyl groups is 3. The van der Waals surface area contributed by atoms with Gasteiger partial charge in [0.2, 0.25) is 0 Å². The standard InChI is InChI=1S/C12H16N4O4/c1-12(19)9(18)7(4-17)20-11(12)16-5-15-8-6(13)2-3-14-10(8)16/h2-3,5,7,9,11,17-19H,4H2,1H3,(H2,13,14)/t7-,9?,11-,12+/m1/s1. The summed E-state index contributed by atoms with van der Waals surface area (Å²) >= 11 is 0. The minimum absolute atomic E-state index is 0.393. The number of hydrogen-bond acceptors (Lipinski definition) is 7. The first-order chi connectivity index (χ1) is 9.46. The molecule has 1 unspecified atom stereocenters. The molecule has 4 atom stereocenters. The van der Waals surface area contributed by atoms with E-state index in [4.69, 9.17) is 10.5 Å². The number of nitrogen functional groups attached to an aromatic ring is 1. The third-order valence-electron chi connectivity index (χ3n) is 3.68. The Morgan fingerprint density at radius 2 is 2.25 bits per heavy atom. The van der Waals surface area contributed by atoms with E-state index in [0.717, 1.165) is 0 Å². The summed E-state index contributed by atoms with van der Waals surface area (Å²) < 4.78 is 7.03. The van der Waals surface area contributed by atoms with E-state index in [1.807, 2.05) is 0 Å². The lowest BCUT2D eigenvalue weighted by atomic mass is 9.96. The van der Waals surface area contributed by atoms with E-state index in [1.165, 1.54) is 24.0 Å². The van der Waals surface area contributed by atoms with Crippen molar-refractivity contribution in [2.75, 3.05) is 12.3 Å². The van der Waals surface area contributed by atoms with E-state index < -0.39 is 30.6 Å².